The lowest BCUT2D eigenvalue weighted by Gasteiger charge is -2.13. The molecule has 0 aliphatic heterocycles. The summed E-state index contributed by atoms with van der Waals surface area (Å²) < 4.78 is 24.5. The van der Waals surface area contributed by atoms with Crippen LogP contribution in [0, 0.1) is 6.92 Å². The van der Waals surface area contributed by atoms with Crippen LogP contribution in [0.4, 0.5) is 10.5 Å². The van der Waals surface area contributed by atoms with Crippen LogP contribution in [-0.2, 0) is 14.6 Å². The molecule has 0 aliphatic rings. The molecule has 0 aliphatic carbocycles. The molecular weight excluding hydrogens is 282 g/mol. The minimum atomic E-state index is -3.88. The lowest BCUT2D eigenvalue weighted by Crippen LogP contribution is -2.44. The molecule has 20 heavy (non-hydrogen) atoms. The van der Waals surface area contributed by atoms with Gasteiger partial charge in [0.1, 0.15) is 5.25 Å². The first-order valence-electron chi connectivity index (χ1n) is 5.82. The largest absolute Gasteiger partial charge is 0.399 e. The smallest absolute Gasteiger partial charge is 0.321 e. The second-order valence-electron chi connectivity index (χ2n) is 4.27. The molecular formula is C12H17N3O4S. The van der Waals surface area contributed by atoms with Crippen LogP contribution in [0.3, 0.4) is 0 Å². The molecule has 0 saturated heterocycles. The van der Waals surface area contributed by atoms with Crippen molar-refractivity contribution in [2.45, 2.75) is 24.0 Å². The predicted octanol–water partition coefficient (Wildman–Crippen LogP) is 0.195. The molecule has 1 aromatic carbocycles. The standard InChI is InChI=1S/C12H17N3O4S/c1-7-6-9(4-5-10(7)13)20(18,19)8(2)11(16)15-12(17)14-3/h4-6,8H,13H2,1-3H3,(H2,14,15,16,17). The van der Waals surface area contributed by atoms with E-state index in [1.807, 2.05) is 5.32 Å². The molecule has 3 amide bonds. The van der Waals surface area contributed by atoms with Crippen LogP contribution < -0.4 is 16.4 Å². The van der Waals surface area contributed by atoms with Gasteiger partial charge in [-0.1, -0.05) is 0 Å². The molecule has 0 aromatic heterocycles. The Balaban J connectivity index is 3.06. The number of nitrogen functional groups attached to an aromatic ring is 1. The van der Waals surface area contributed by atoms with Gasteiger partial charge in [-0.3, -0.25) is 10.1 Å². The quantitative estimate of drug-likeness (QED) is 0.689. The van der Waals surface area contributed by atoms with Gasteiger partial charge in [-0.15, -0.1) is 0 Å². The van der Waals surface area contributed by atoms with E-state index in [0.29, 0.717) is 11.3 Å². The molecule has 0 fully saturated rings. The normalized spacial score (nSPS) is 12.6. The highest BCUT2D eigenvalue weighted by atomic mass is 32.2. The van der Waals surface area contributed by atoms with E-state index in [2.05, 4.69) is 5.32 Å². The van der Waals surface area contributed by atoms with Crippen molar-refractivity contribution in [1.82, 2.24) is 10.6 Å². The van der Waals surface area contributed by atoms with Crippen molar-refractivity contribution in [3.05, 3.63) is 23.8 Å². The maximum absolute atomic E-state index is 12.3. The van der Waals surface area contributed by atoms with E-state index >= 15 is 0 Å². The van der Waals surface area contributed by atoms with E-state index in [9.17, 15) is 18.0 Å². The predicted molar refractivity (Wildman–Crippen MR) is 74.8 cm³/mol. The van der Waals surface area contributed by atoms with Crippen molar-refractivity contribution < 1.29 is 18.0 Å². The number of rotatable bonds is 3. The number of hydrogen-bond acceptors (Lipinski definition) is 5. The Morgan fingerprint density at radius 1 is 1.30 bits per heavy atom. The number of carbonyl (C=O) groups excluding carboxylic acids is 2. The first-order valence-corrected chi connectivity index (χ1v) is 7.37. The zero-order chi connectivity index (χ0) is 15.5. The lowest BCUT2D eigenvalue weighted by molar-refractivity contribution is -0.119. The number of nitrogens with one attached hydrogen (secondary N) is 2. The van der Waals surface area contributed by atoms with Crippen molar-refractivity contribution in [2.24, 2.45) is 0 Å². The van der Waals surface area contributed by atoms with Gasteiger partial charge in [-0.25, -0.2) is 13.2 Å². The number of amides is 3. The lowest BCUT2D eigenvalue weighted by atomic mass is 10.2. The second-order valence-corrected chi connectivity index (χ2v) is 6.54. The Bertz CT molecular complexity index is 640. The van der Waals surface area contributed by atoms with Gasteiger partial charge < -0.3 is 11.1 Å². The van der Waals surface area contributed by atoms with Gasteiger partial charge in [0.2, 0.25) is 5.91 Å². The number of imide groups is 1. The number of anilines is 1. The molecule has 1 aromatic rings. The molecule has 7 nitrogen and oxygen atoms in total. The molecule has 0 bridgehead atoms. The molecule has 8 heteroatoms. The summed E-state index contributed by atoms with van der Waals surface area (Å²) in [5.41, 5.74) is 6.69. The molecule has 0 heterocycles. The summed E-state index contributed by atoms with van der Waals surface area (Å²) in [5.74, 6) is -0.890. The summed E-state index contributed by atoms with van der Waals surface area (Å²) in [6.07, 6.45) is 0. The van der Waals surface area contributed by atoms with Gasteiger partial charge in [0, 0.05) is 12.7 Å². The summed E-state index contributed by atoms with van der Waals surface area (Å²) in [7, 11) is -2.55. The van der Waals surface area contributed by atoms with Crippen molar-refractivity contribution in [1.29, 1.82) is 0 Å². The summed E-state index contributed by atoms with van der Waals surface area (Å²) in [5, 5.41) is 2.73. The number of carbonyl (C=O) groups is 2. The van der Waals surface area contributed by atoms with Crippen LogP contribution in [0.2, 0.25) is 0 Å². The fourth-order valence-electron chi connectivity index (χ4n) is 1.45. The van der Waals surface area contributed by atoms with Crippen molar-refractivity contribution in [3.63, 3.8) is 0 Å². The monoisotopic (exact) mass is 299 g/mol. The van der Waals surface area contributed by atoms with Gasteiger partial charge in [0.25, 0.3) is 0 Å². The van der Waals surface area contributed by atoms with Gasteiger partial charge in [-0.05, 0) is 37.6 Å². The summed E-state index contributed by atoms with van der Waals surface area (Å²) in [6.45, 7) is 2.89. The van der Waals surface area contributed by atoms with Crippen LogP contribution in [0.5, 0.6) is 0 Å². The fraction of sp³-hybridized carbons (Fsp3) is 0.333. The Kier molecular flexibility index (Phi) is 4.72. The zero-order valence-electron chi connectivity index (χ0n) is 11.4. The average molecular weight is 299 g/mol. The SMILES string of the molecule is CNC(=O)NC(=O)C(C)S(=O)(=O)c1ccc(N)c(C)c1. The van der Waals surface area contributed by atoms with Crippen LogP contribution >= 0.6 is 0 Å². The first-order chi connectivity index (χ1) is 9.20. The molecule has 1 unspecified atom stereocenters. The highest BCUT2D eigenvalue weighted by Gasteiger charge is 2.30. The zero-order valence-corrected chi connectivity index (χ0v) is 12.2. The molecule has 0 saturated carbocycles. The topological polar surface area (TPSA) is 118 Å². The van der Waals surface area contributed by atoms with Gasteiger partial charge >= 0.3 is 6.03 Å². The van der Waals surface area contributed by atoms with E-state index in [0.717, 1.165) is 0 Å². The van der Waals surface area contributed by atoms with Crippen LogP contribution in [0.25, 0.3) is 0 Å². The number of nitrogens with two attached hydrogens (primary N) is 1. The van der Waals surface area contributed by atoms with Gasteiger partial charge in [-0.2, -0.15) is 0 Å². The van der Waals surface area contributed by atoms with Gasteiger partial charge in [0.05, 0.1) is 4.90 Å². The van der Waals surface area contributed by atoms with E-state index in [1.54, 1.807) is 6.92 Å². The highest BCUT2D eigenvalue weighted by molar-refractivity contribution is 7.92. The maximum atomic E-state index is 12.3. The summed E-state index contributed by atoms with van der Waals surface area (Å²) in [6, 6.07) is 3.44. The second kappa shape index (κ2) is 5.91. The molecule has 4 N–H and O–H groups in total. The number of urea groups is 1. The molecule has 0 spiro atoms. The number of sulfone groups is 1. The first kappa shape index (κ1) is 16.0. The van der Waals surface area contributed by atoms with Crippen LogP contribution in [0.1, 0.15) is 12.5 Å². The third-order valence-electron chi connectivity index (χ3n) is 2.87. The van der Waals surface area contributed by atoms with E-state index < -0.39 is 27.0 Å². The third kappa shape index (κ3) is 3.27. The number of benzene rings is 1. The Labute approximate surface area is 117 Å². The minimum absolute atomic E-state index is 0.0104. The van der Waals surface area contributed by atoms with Crippen molar-refractivity contribution >= 4 is 27.5 Å². The minimum Gasteiger partial charge on any atom is -0.399 e. The van der Waals surface area contributed by atoms with Crippen LogP contribution in [-0.4, -0.2) is 32.7 Å². The highest BCUT2D eigenvalue weighted by Crippen LogP contribution is 2.20. The summed E-state index contributed by atoms with van der Waals surface area (Å²) >= 11 is 0. The maximum Gasteiger partial charge on any atom is 0.321 e. The molecule has 1 atom stereocenters. The summed E-state index contributed by atoms with van der Waals surface area (Å²) in [4.78, 5) is 22.7. The Morgan fingerprint density at radius 3 is 2.40 bits per heavy atom. The Morgan fingerprint density at radius 2 is 1.90 bits per heavy atom. The van der Waals surface area contributed by atoms with Crippen molar-refractivity contribution in [3.8, 4) is 0 Å². The van der Waals surface area contributed by atoms with E-state index in [4.69, 9.17) is 5.73 Å². The number of aryl methyl sites for hydroxylation is 1. The van der Waals surface area contributed by atoms with E-state index in [-0.39, 0.29) is 4.90 Å². The molecule has 110 valence electrons. The Hall–Kier alpha value is -2.09. The third-order valence-corrected chi connectivity index (χ3v) is 4.92. The van der Waals surface area contributed by atoms with E-state index in [1.165, 1.54) is 32.2 Å². The van der Waals surface area contributed by atoms with Gasteiger partial charge in [0.15, 0.2) is 9.84 Å². The van der Waals surface area contributed by atoms with Crippen LogP contribution in [0.15, 0.2) is 23.1 Å². The average Bonchev–Trinajstić information content (AvgIpc) is 2.40. The fourth-order valence-corrected chi connectivity index (χ4v) is 2.79. The number of hydrogen-bond donors (Lipinski definition) is 3. The molecule has 0 radical (unpaired) electrons. The molecule has 1 rings (SSSR count). The van der Waals surface area contributed by atoms with Crippen molar-refractivity contribution in [2.75, 3.05) is 12.8 Å².